The summed E-state index contributed by atoms with van der Waals surface area (Å²) in [5, 5.41) is 8.95. The minimum Gasteiger partial charge on any atom is -0.302 e. The lowest BCUT2D eigenvalue weighted by Crippen LogP contribution is -2.14. The summed E-state index contributed by atoms with van der Waals surface area (Å²) in [6, 6.07) is 7.77. The van der Waals surface area contributed by atoms with Gasteiger partial charge in [0.1, 0.15) is 0 Å². The summed E-state index contributed by atoms with van der Waals surface area (Å²) < 4.78 is 1.06. The van der Waals surface area contributed by atoms with Crippen LogP contribution in [0.25, 0.3) is 10.2 Å². The highest BCUT2D eigenvalue weighted by molar-refractivity contribution is 7.22. The Balaban J connectivity index is 1.40. The Morgan fingerprint density at radius 1 is 1.15 bits per heavy atom. The van der Waals surface area contributed by atoms with Crippen LogP contribution in [-0.2, 0) is 11.2 Å². The molecule has 0 unspecified atom stereocenters. The molecule has 0 fully saturated rings. The first-order valence-corrected chi connectivity index (χ1v) is 9.51. The van der Waals surface area contributed by atoms with Crippen molar-refractivity contribution in [3.8, 4) is 0 Å². The van der Waals surface area contributed by atoms with Gasteiger partial charge >= 0.3 is 0 Å². The van der Waals surface area contributed by atoms with E-state index in [9.17, 15) is 4.79 Å². The predicted octanol–water partition coefficient (Wildman–Crippen LogP) is 3.78. The number of aryl methyl sites for hydroxylation is 1. The number of hydrogen-bond acceptors (Lipinski definition) is 8. The van der Waals surface area contributed by atoms with Crippen LogP contribution < -0.4 is 10.6 Å². The quantitative estimate of drug-likeness (QED) is 0.546. The lowest BCUT2D eigenvalue weighted by Gasteiger charge is -1.99. The Morgan fingerprint density at radius 3 is 2.85 bits per heavy atom. The molecular weight excluding hydrogens is 368 g/mol. The molecule has 0 spiro atoms. The normalized spacial score (nSPS) is 10.8. The molecule has 0 saturated carbocycles. The third-order valence-electron chi connectivity index (χ3n) is 3.47. The SMILES string of the molecule is Cc1ccc2nc(NC(=O)Cc3csc(Nc4ncccn4)n3)sc2c1. The van der Waals surface area contributed by atoms with E-state index in [0.29, 0.717) is 21.9 Å². The standard InChI is InChI=1S/C17H14N6OS2/c1-10-3-4-12-13(7-10)26-17(21-12)22-14(24)8-11-9-25-16(20-11)23-15-18-5-2-6-19-15/h2-7,9H,8H2,1H3,(H,21,22,24)(H,18,19,20,23). The van der Waals surface area contributed by atoms with Crippen LogP contribution in [0.15, 0.2) is 42.0 Å². The minimum atomic E-state index is -0.145. The van der Waals surface area contributed by atoms with Crippen LogP contribution in [0.1, 0.15) is 11.3 Å². The second kappa shape index (κ2) is 7.14. The van der Waals surface area contributed by atoms with Gasteiger partial charge in [-0.05, 0) is 30.7 Å². The van der Waals surface area contributed by atoms with Gasteiger partial charge in [0.25, 0.3) is 0 Å². The second-order valence-electron chi connectivity index (χ2n) is 5.56. The van der Waals surface area contributed by atoms with Crippen molar-refractivity contribution in [1.82, 2.24) is 19.9 Å². The van der Waals surface area contributed by atoms with E-state index in [0.717, 1.165) is 10.2 Å². The monoisotopic (exact) mass is 382 g/mol. The average molecular weight is 382 g/mol. The zero-order valence-electron chi connectivity index (χ0n) is 13.8. The maximum Gasteiger partial charge on any atom is 0.232 e. The molecule has 2 N–H and O–H groups in total. The van der Waals surface area contributed by atoms with Crippen LogP contribution in [0, 0.1) is 6.92 Å². The highest BCUT2D eigenvalue weighted by Crippen LogP contribution is 2.27. The van der Waals surface area contributed by atoms with Gasteiger partial charge in [-0.15, -0.1) is 11.3 Å². The fourth-order valence-electron chi connectivity index (χ4n) is 2.32. The molecule has 3 aromatic heterocycles. The van der Waals surface area contributed by atoms with Crippen molar-refractivity contribution in [1.29, 1.82) is 0 Å². The van der Waals surface area contributed by atoms with Gasteiger partial charge in [0.15, 0.2) is 10.3 Å². The fourth-order valence-corrected chi connectivity index (χ4v) is 4.00. The number of aromatic nitrogens is 4. The summed E-state index contributed by atoms with van der Waals surface area (Å²) in [6.07, 6.45) is 3.48. The molecule has 4 aromatic rings. The highest BCUT2D eigenvalue weighted by atomic mass is 32.1. The number of anilines is 3. The number of thiazole rings is 2. The summed E-state index contributed by atoms with van der Waals surface area (Å²) in [5.74, 6) is 0.330. The van der Waals surface area contributed by atoms with Gasteiger partial charge in [0.05, 0.1) is 22.3 Å². The maximum atomic E-state index is 12.3. The molecule has 0 aliphatic rings. The smallest absolute Gasteiger partial charge is 0.232 e. The van der Waals surface area contributed by atoms with Gasteiger partial charge in [-0.1, -0.05) is 17.4 Å². The van der Waals surface area contributed by atoms with Crippen LogP contribution in [0.5, 0.6) is 0 Å². The third-order valence-corrected chi connectivity index (χ3v) is 5.21. The molecule has 1 aromatic carbocycles. The van der Waals surface area contributed by atoms with Gasteiger partial charge in [-0.25, -0.2) is 19.9 Å². The molecule has 0 aliphatic carbocycles. The van der Waals surface area contributed by atoms with Crippen molar-refractivity contribution in [2.45, 2.75) is 13.3 Å². The molecule has 26 heavy (non-hydrogen) atoms. The van der Waals surface area contributed by atoms with E-state index >= 15 is 0 Å². The third kappa shape index (κ3) is 3.84. The summed E-state index contributed by atoms with van der Waals surface area (Å²) >= 11 is 2.87. The van der Waals surface area contributed by atoms with Gasteiger partial charge in [-0.3, -0.25) is 4.79 Å². The van der Waals surface area contributed by atoms with Crippen molar-refractivity contribution in [2.75, 3.05) is 10.6 Å². The van der Waals surface area contributed by atoms with E-state index in [1.165, 1.54) is 28.2 Å². The molecular formula is C17H14N6OS2. The van der Waals surface area contributed by atoms with E-state index in [1.807, 2.05) is 24.4 Å². The Hall–Kier alpha value is -2.91. The fraction of sp³-hybridized carbons (Fsp3) is 0.118. The predicted molar refractivity (Wildman–Crippen MR) is 104 cm³/mol. The van der Waals surface area contributed by atoms with E-state index < -0.39 is 0 Å². The average Bonchev–Trinajstić information content (AvgIpc) is 3.21. The molecule has 0 radical (unpaired) electrons. The topological polar surface area (TPSA) is 92.7 Å². The zero-order valence-corrected chi connectivity index (χ0v) is 15.4. The Labute approximate surface area is 157 Å². The molecule has 3 heterocycles. The summed E-state index contributed by atoms with van der Waals surface area (Å²) in [7, 11) is 0. The number of benzene rings is 1. The largest absolute Gasteiger partial charge is 0.302 e. The van der Waals surface area contributed by atoms with Crippen molar-refractivity contribution >= 4 is 55.0 Å². The summed E-state index contributed by atoms with van der Waals surface area (Å²) in [4.78, 5) is 29.3. The first-order chi connectivity index (χ1) is 12.7. The van der Waals surface area contributed by atoms with Gasteiger partial charge in [0, 0.05) is 17.8 Å². The summed E-state index contributed by atoms with van der Waals surface area (Å²) in [5.41, 5.74) is 2.74. The first kappa shape index (κ1) is 16.6. The number of carbonyl (C=O) groups is 1. The van der Waals surface area contributed by atoms with Crippen LogP contribution in [-0.4, -0.2) is 25.8 Å². The number of amides is 1. The molecule has 130 valence electrons. The molecule has 0 bridgehead atoms. The number of rotatable bonds is 5. The van der Waals surface area contributed by atoms with Gasteiger partial charge < -0.3 is 10.6 Å². The minimum absolute atomic E-state index is 0.145. The van der Waals surface area contributed by atoms with Crippen molar-refractivity contribution in [2.24, 2.45) is 0 Å². The van der Waals surface area contributed by atoms with Gasteiger partial charge in [0.2, 0.25) is 11.9 Å². The number of hydrogen-bond donors (Lipinski definition) is 2. The van der Waals surface area contributed by atoms with E-state index in [2.05, 4.69) is 36.6 Å². The molecule has 1 amide bonds. The molecule has 9 heteroatoms. The summed E-state index contributed by atoms with van der Waals surface area (Å²) in [6.45, 7) is 2.03. The molecule has 0 atom stereocenters. The van der Waals surface area contributed by atoms with E-state index in [4.69, 9.17) is 0 Å². The lowest BCUT2D eigenvalue weighted by atomic mass is 10.2. The second-order valence-corrected chi connectivity index (χ2v) is 7.45. The molecule has 0 aliphatic heterocycles. The Morgan fingerprint density at radius 2 is 2.00 bits per heavy atom. The number of nitrogens with zero attached hydrogens (tertiary/aromatic N) is 4. The van der Waals surface area contributed by atoms with Crippen LogP contribution in [0.3, 0.4) is 0 Å². The van der Waals surface area contributed by atoms with Crippen LogP contribution in [0.4, 0.5) is 16.2 Å². The van der Waals surface area contributed by atoms with E-state index in [-0.39, 0.29) is 12.3 Å². The molecule has 4 rings (SSSR count). The number of nitrogens with one attached hydrogen (secondary N) is 2. The van der Waals surface area contributed by atoms with Crippen molar-refractivity contribution in [3.63, 3.8) is 0 Å². The molecule has 0 saturated heterocycles. The van der Waals surface area contributed by atoms with Crippen molar-refractivity contribution < 1.29 is 4.79 Å². The van der Waals surface area contributed by atoms with Gasteiger partial charge in [-0.2, -0.15) is 0 Å². The van der Waals surface area contributed by atoms with Crippen LogP contribution in [0.2, 0.25) is 0 Å². The zero-order chi connectivity index (χ0) is 17.9. The number of fused-ring (bicyclic) bond motifs is 1. The van der Waals surface area contributed by atoms with Crippen molar-refractivity contribution in [3.05, 3.63) is 53.3 Å². The highest BCUT2D eigenvalue weighted by Gasteiger charge is 2.11. The van der Waals surface area contributed by atoms with E-state index in [1.54, 1.807) is 18.5 Å². The Kier molecular flexibility index (Phi) is 4.55. The Bertz CT molecular complexity index is 1060. The lowest BCUT2D eigenvalue weighted by molar-refractivity contribution is -0.115. The number of carbonyl (C=O) groups excluding carboxylic acids is 1. The first-order valence-electron chi connectivity index (χ1n) is 7.81. The van der Waals surface area contributed by atoms with Crippen LogP contribution >= 0.6 is 22.7 Å². The molecule has 7 nitrogen and oxygen atoms in total. The maximum absolute atomic E-state index is 12.3.